The first-order valence-electron chi connectivity index (χ1n) is 10.5. The molecule has 6 heteroatoms. The van der Waals surface area contributed by atoms with Crippen LogP contribution in [0.25, 0.3) is 0 Å². The molecule has 1 N–H and O–H groups in total. The summed E-state index contributed by atoms with van der Waals surface area (Å²) < 4.78 is 24.8. The summed E-state index contributed by atoms with van der Waals surface area (Å²) in [5.74, 6) is 1.27. The average molecular weight is 425 g/mol. The Bertz CT molecular complexity index is 1000. The molecule has 0 aliphatic heterocycles. The summed E-state index contributed by atoms with van der Waals surface area (Å²) in [6, 6.07) is 18.0. The van der Waals surface area contributed by atoms with Gasteiger partial charge in [-0.2, -0.15) is 0 Å². The van der Waals surface area contributed by atoms with E-state index in [1.807, 2.05) is 50.2 Å². The molecule has 5 nitrogen and oxygen atoms in total. The Morgan fingerprint density at radius 2 is 1.77 bits per heavy atom. The van der Waals surface area contributed by atoms with E-state index in [2.05, 4.69) is 10.2 Å². The summed E-state index contributed by atoms with van der Waals surface area (Å²) in [4.78, 5) is 14.5. The lowest BCUT2D eigenvalue weighted by atomic mass is 10.1. The third kappa shape index (κ3) is 6.69. The number of benzene rings is 2. The molecule has 1 atom stereocenters. The van der Waals surface area contributed by atoms with Gasteiger partial charge < -0.3 is 14.5 Å². The molecule has 0 fully saturated rings. The molecule has 0 aliphatic rings. The van der Waals surface area contributed by atoms with Crippen molar-refractivity contribution in [1.29, 1.82) is 0 Å². The number of carbonyl (C=O) groups is 1. The number of ether oxygens (including phenoxy) is 1. The number of hydrogen-bond acceptors (Lipinski definition) is 4. The van der Waals surface area contributed by atoms with E-state index < -0.39 is 0 Å². The van der Waals surface area contributed by atoms with Crippen LogP contribution in [0.5, 0.6) is 5.75 Å². The summed E-state index contributed by atoms with van der Waals surface area (Å²) in [6.07, 6.45) is 0.848. The van der Waals surface area contributed by atoms with Crippen LogP contribution >= 0.6 is 0 Å². The van der Waals surface area contributed by atoms with Crippen molar-refractivity contribution in [3.63, 3.8) is 0 Å². The van der Waals surface area contributed by atoms with Crippen LogP contribution in [0.2, 0.25) is 0 Å². The standard InChI is InChI=1S/C25H29FN2O3/c1-4-18(2)27-25(29)24-12-11-23(31-24)17-28(15-19-7-5-9-21(26)13-19)16-20-8-6-10-22(14-20)30-3/h5-14,18H,4,15-17H2,1-3H3,(H,27,29). The SMILES string of the molecule is CCC(C)NC(=O)c1ccc(CN(Cc2cccc(F)c2)Cc2cccc(OC)c2)o1. The molecule has 164 valence electrons. The second-order valence-corrected chi connectivity index (χ2v) is 7.68. The Kier molecular flexibility index (Phi) is 7.84. The zero-order valence-corrected chi connectivity index (χ0v) is 18.2. The average Bonchev–Trinajstić information content (AvgIpc) is 3.22. The van der Waals surface area contributed by atoms with Gasteiger partial charge in [-0.05, 0) is 60.9 Å². The normalized spacial score (nSPS) is 12.0. The summed E-state index contributed by atoms with van der Waals surface area (Å²) in [7, 11) is 1.64. The molecule has 0 radical (unpaired) electrons. The van der Waals surface area contributed by atoms with Crippen LogP contribution in [-0.2, 0) is 19.6 Å². The van der Waals surface area contributed by atoms with Crippen molar-refractivity contribution in [2.75, 3.05) is 7.11 Å². The number of rotatable bonds is 10. The molecule has 3 rings (SSSR count). The van der Waals surface area contributed by atoms with E-state index in [4.69, 9.17) is 9.15 Å². The molecular formula is C25H29FN2O3. The predicted octanol–water partition coefficient (Wildman–Crippen LogP) is 5.16. The highest BCUT2D eigenvalue weighted by Crippen LogP contribution is 2.19. The predicted molar refractivity (Wildman–Crippen MR) is 118 cm³/mol. The highest BCUT2D eigenvalue weighted by atomic mass is 19.1. The number of furan rings is 1. The molecule has 1 heterocycles. The topological polar surface area (TPSA) is 54.7 Å². The van der Waals surface area contributed by atoms with Crippen LogP contribution < -0.4 is 10.1 Å². The Morgan fingerprint density at radius 1 is 1.06 bits per heavy atom. The largest absolute Gasteiger partial charge is 0.497 e. The highest BCUT2D eigenvalue weighted by molar-refractivity contribution is 5.91. The van der Waals surface area contributed by atoms with Gasteiger partial charge in [0.05, 0.1) is 13.7 Å². The van der Waals surface area contributed by atoms with Gasteiger partial charge in [0.1, 0.15) is 17.3 Å². The molecule has 2 aromatic carbocycles. The highest BCUT2D eigenvalue weighted by Gasteiger charge is 2.16. The molecule has 0 aliphatic carbocycles. The second-order valence-electron chi connectivity index (χ2n) is 7.68. The van der Waals surface area contributed by atoms with Crippen molar-refractivity contribution >= 4 is 5.91 Å². The van der Waals surface area contributed by atoms with Gasteiger partial charge in [0.2, 0.25) is 0 Å². The van der Waals surface area contributed by atoms with Gasteiger partial charge in [-0.15, -0.1) is 0 Å². The lowest BCUT2D eigenvalue weighted by molar-refractivity contribution is 0.0906. The molecule has 0 saturated carbocycles. The number of hydrogen-bond donors (Lipinski definition) is 1. The van der Waals surface area contributed by atoms with Crippen molar-refractivity contribution < 1.29 is 18.3 Å². The van der Waals surface area contributed by atoms with E-state index in [9.17, 15) is 9.18 Å². The van der Waals surface area contributed by atoms with Crippen molar-refractivity contribution in [3.05, 3.63) is 89.1 Å². The summed E-state index contributed by atoms with van der Waals surface area (Å²) in [5.41, 5.74) is 1.93. The number of amides is 1. The first-order chi connectivity index (χ1) is 15.0. The van der Waals surface area contributed by atoms with E-state index in [1.165, 1.54) is 12.1 Å². The maximum absolute atomic E-state index is 13.7. The third-order valence-corrected chi connectivity index (χ3v) is 5.09. The third-order valence-electron chi connectivity index (χ3n) is 5.09. The zero-order chi connectivity index (χ0) is 22.2. The monoisotopic (exact) mass is 424 g/mol. The Morgan fingerprint density at radius 3 is 2.45 bits per heavy atom. The van der Waals surface area contributed by atoms with Crippen LogP contribution in [0.1, 0.15) is 47.7 Å². The molecule has 1 amide bonds. The zero-order valence-electron chi connectivity index (χ0n) is 18.2. The lowest BCUT2D eigenvalue weighted by Gasteiger charge is -2.22. The molecule has 0 spiro atoms. The minimum absolute atomic E-state index is 0.0820. The fourth-order valence-corrected chi connectivity index (χ4v) is 3.29. The summed E-state index contributed by atoms with van der Waals surface area (Å²) in [6.45, 7) is 5.59. The fourth-order valence-electron chi connectivity index (χ4n) is 3.29. The van der Waals surface area contributed by atoms with Gasteiger partial charge in [0.15, 0.2) is 5.76 Å². The molecule has 31 heavy (non-hydrogen) atoms. The van der Waals surface area contributed by atoms with Gasteiger partial charge in [0, 0.05) is 19.1 Å². The summed E-state index contributed by atoms with van der Waals surface area (Å²) >= 11 is 0. The molecule has 1 unspecified atom stereocenters. The van der Waals surface area contributed by atoms with Crippen molar-refractivity contribution in [1.82, 2.24) is 10.2 Å². The van der Waals surface area contributed by atoms with E-state index >= 15 is 0 Å². The minimum Gasteiger partial charge on any atom is -0.497 e. The van der Waals surface area contributed by atoms with Crippen molar-refractivity contribution in [2.45, 2.75) is 45.9 Å². The Hall–Kier alpha value is -3.12. The number of carbonyl (C=O) groups excluding carboxylic acids is 1. The smallest absolute Gasteiger partial charge is 0.287 e. The van der Waals surface area contributed by atoms with Crippen LogP contribution in [0.15, 0.2) is 65.1 Å². The van der Waals surface area contributed by atoms with E-state index in [0.29, 0.717) is 31.2 Å². The van der Waals surface area contributed by atoms with Crippen LogP contribution in [0.4, 0.5) is 4.39 Å². The lowest BCUT2D eigenvalue weighted by Crippen LogP contribution is -2.31. The van der Waals surface area contributed by atoms with Gasteiger partial charge in [-0.1, -0.05) is 31.2 Å². The molecular weight excluding hydrogens is 395 g/mol. The molecule has 1 aromatic heterocycles. The first kappa shape index (κ1) is 22.6. The summed E-state index contributed by atoms with van der Waals surface area (Å²) in [5, 5.41) is 2.91. The van der Waals surface area contributed by atoms with Crippen molar-refractivity contribution in [2.24, 2.45) is 0 Å². The van der Waals surface area contributed by atoms with Gasteiger partial charge in [0.25, 0.3) is 5.91 Å². The molecule has 0 bridgehead atoms. The van der Waals surface area contributed by atoms with Crippen LogP contribution in [0, 0.1) is 5.82 Å². The van der Waals surface area contributed by atoms with Gasteiger partial charge in [-0.25, -0.2) is 4.39 Å². The Balaban J connectivity index is 1.76. The van der Waals surface area contributed by atoms with Gasteiger partial charge in [-0.3, -0.25) is 9.69 Å². The maximum atomic E-state index is 13.7. The van der Waals surface area contributed by atoms with Gasteiger partial charge >= 0.3 is 0 Å². The Labute approximate surface area is 182 Å². The fraction of sp³-hybridized carbons (Fsp3) is 0.320. The number of nitrogens with zero attached hydrogens (tertiary/aromatic N) is 1. The van der Waals surface area contributed by atoms with Crippen LogP contribution in [-0.4, -0.2) is 24.0 Å². The number of methoxy groups -OCH3 is 1. The maximum Gasteiger partial charge on any atom is 0.287 e. The minimum atomic E-state index is -0.263. The van der Waals surface area contributed by atoms with E-state index in [1.54, 1.807) is 19.2 Å². The van der Waals surface area contributed by atoms with E-state index in [-0.39, 0.29) is 17.8 Å². The number of halogens is 1. The second kappa shape index (κ2) is 10.8. The quantitative estimate of drug-likeness (QED) is 0.489. The van der Waals surface area contributed by atoms with Crippen molar-refractivity contribution in [3.8, 4) is 5.75 Å². The number of nitrogens with one attached hydrogen (secondary N) is 1. The molecule has 3 aromatic rings. The van der Waals surface area contributed by atoms with Crippen LogP contribution in [0.3, 0.4) is 0 Å². The first-order valence-corrected chi connectivity index (χ1v) is 10.5. The van der Waals surface area contributed by atoms with E-state index in [0.717, 1.165) is 23.3 Å². The molecule has 0 saturated heterocycles.